The van der Waals surface area contributed by atoms with Crippen LogP contribution in [0.1, 0.15) is 16.7 Å². The molecule has 0 aliphatic rings. The molecule has 38 heavy (non-hydrogen) atoms. The monoisotopic (exact) mass is 527 g/mol. The van der Waals surface area contributed by atoms with E-state index in [4.69, 9.17) is 16.3 Å². The fourth-order valence-electron chi connectivity index (χ4n) is 4.19. The molecule has 0 bridgehead atoms. The van der Waals surface area contributed by atoms with Crippen molar-refractivity contribution in [2.24, 2.45) is 10.9 Å². The molecule has 4 aromatic carbocycles. The molecule has 0 spiro atoms. The Balaban J connectivity index is 1.48. The van der Waals surface area contributed by atoms with E-state index in [-0.39, 0.29) is 23.2 Å². The number of carbonyl (C=O) groups excluding carboxylic acids is 1. The number of amidine groups is 1. The number of hydrogen-bond acceptors (Lipinski definition) is 5. The van der Waals surface area contributed by atoms with Gasteiger partial charge in [-0.3, -0.25) is 15.1 Å². The maximum absolute atomic E-state index is 13.0. The Morgan fingerprint density at radius 1 is 0.816 bits per heavy atom. The molecule has 0 atom stereocenters. The van der Waals surface area contributed by atoms with Gasteiger partial charge in [-0.05, 0) is 41.0 Å². The third kappa shape index (κ3) is 7.13. The molecule has 0 aliphatic carbocycles. The van der Waals surface area contributed by atoms with E-state index in [9.17, 15) is 13.2 Å². The van der Waals surface area contributed by atoms with Gasteiger partial charge in [0.05, 0.1) is 11.4 Å². The van der Waals surface area contributed by atoms with Gasteiger partial charge in [-0.1, -0.05) is 78.9 Å². The summed E-state index contributed by atoms with van der Waals surface area (Å²) in [6.45, 7) is 1.18. The zero-order chi connectivity index (χ0) is 27.1. The van der Waals surface area contributed by atoms with Crippen LogP contribution in [0.25, 0.3) is 11.1 Å². The van der Waals surface area contributed by atoms with Crippen LogP contribution in [-0.2, 0) is 27.9 Å². The van der Waals surface area contributed by atoms with Gasteiger partial charge in [-0.2, -0.15) is 0 Å². The van der Waals surface area contributed by atoms with Crippen molar-refractivity contribution in [3.63, 3.8) is 0 Å². The van der Waals surface area contributed by atoms with Crippen LogP contribution in [0.15, 0.2) is 108 Å². The van der Waals surface area contributed by atoms with Gasteiger partial charge in [-0.15, -0.1) is 0 Å². The van der Waals surface area contributed by atoms with Gasteiger partial charge in [0.1, 0.15) is 5.84 Å². The molecule has 0 unspecified atom stereocenters. The third-order valence-corrected chi connectivity index (χ3v) is 6.90. The number of anilines is 1. The van der Waals surface area contributed by atoms with Gasteiger partial charge in [0.2, 0.25) is 15.9 Å². The highest BCUT2D eigenvalue weighted by atomic mass is 32.2. The number of benzene rings is 4. The summed E-state index contributed by atoms with van der Waals surface area (Å²) >= 11 is 0. The lowest BCUT2D eigenvalue weighted by molar-refractivity contribution is -0.117. The van der Waals surface area contributed by atoms with Gasteiger partial charge in [0.25, 0.3) is 0 Å². The highest BCUT2D eigenvalue weighted by Gasteiger charge is 2.16. The molecule has 0 aliphatic heterocycles. The predicted octanol–water partition coefficient (Wildman–Crippen LogP) is 3.93. The van der Waals surface area contributed by atoms with E-state index in [1.54, 1.807) is 48.5 Å². The van der Waals surface area contributed by atoms with Crippen molar-refractivity contribution in [2.45, 2.75) is 18.0 Å². The topological polar surface area (TPSA) is 142 Å². The lowest BCUT2D eigenvalue weighted by atomic mass is 10.1. The highest BCUT2D eigenvalue weighted by Crippen LogP contribution is 2.27. The van der Waals surface area contributed by atoms with E-state index >= 15 is 0 Å². The molecule has 0 saturated heterocycles. The van der Waals surface area contributed by atoms with Crippen LogP contribution in [0.3, 0.4) is 0 Å². The van der Waals surface area contributed by atoms with Gasteiger partial charge >= 0.3 is 0 Å². The molecular formula is C29H29N5O3S. The molecule has 4 rings (SSSR count). The standard InChI is InChI=1S/C29H29N5O3S/c30-29(31)24-10-6-9-22(17-24)19-34(18-21-7-2-1-3-8-21)20-28(35)33-25-15-13-23(14-16-25)26-11-4-5-12-27(26)38(32,36)37/h1-17H,18-20H2,(H3,30,31)(H,33,35)(H2,32,36,37). The first-order valence-corrected chi connectivity index (χ1v) is 13.5. The van der Waals surface area contributed by atoms with E-state index in [0.29, 0.717) is 35.5 Å². The normalized spacial score (nSPS) is 11.3. The summed E-state index contributed by atoms with van der Waals surface area (Å²) in [5.74, 6) is -0.198. The largest absolute Gasteiger partial charge is 0.384 e. The van der Waals surface area contributed by atoms with Crippen LogP contribution in [0, 0.1) is 5.41 Å². The van der Waals surface area contributed by atoms with Crippen molar-refractivity contribution >= 4 is 27.5 Å². The summed E-state index contributed by atoms with van der Waals surface area (Å²) < 4.78 is 23.9. The van der Waals surface area contributed by atoms with Gasteiger partial charge in [0, 0.05) is 29.9 Å². The van der Waals surface area contributed by atoms with Crippen LogP contribution in [0.5, 0.6) is 0 Å². The first-order valence-electron chi connectivity index (χ1n) is 11.9. The summed E-state index contributed by atoms with van der Waals surface area (Å²) in [5.41, 5.74) is 10.1. The molecule has 6 N–H and O–H groups in total. The van der Waals surface area contributed by atoms with Crippen molar-refractivity contribution < 1.29 is 13.2 Å². The molecule has 0 fully saturated rings. The second kappa shape index (κ2) is 11.8. The maximum Gasteiger partial charge on any atom is 0.238 e. The molecule has 4 aromatic rings. The predicted molar refractivity (Wildman–Crippen MR) is 150 cm³/mol. The number of amides is 1. The van der Waals surface area contributed by atoms with Crippen molar-refractivity contribution in [1.29, 1.82) is 5.41 Å². The molecule has 1 amide bonds. The Morgan fingerprint density at radius 2 is 1.45 bits per heavy atom. The van der Waals surface area contributed by atoms with Crippen LogP contribution >= 0.6 is 0 Å². The number of primary sulfonamides is 1. The molecule has 9 heteroatoms. The number of sulfonamides is 1. The lowest BCUT2D eigenvalue weighted by Crippen LogP contribution is -2.32. The van der Waals surface area contributed by atoms with Crippen molar-refractivity contribution in [2.75, 3.05) is 11.9 Å². The lowest BCUT2D eigenvalue weighted by Gasteiger charge is -2.22. The first-order chi connectivity index (χ1) is 18.2. The van der Waals surface area contributed by atoms with E-state index in [0.717, 1.165) is 11.1 Å². The number of nitrogen functional groups attached to an aromatic ring is 1. The Hall–Kier alpha value is -4.31. The number of nitrogens with zero attached hydrogens (tertiary/aromatic N) is 1. The minimum absolute atomic E-state index is 0.00525. The molecular weight excluding hydrogens is 498 g/mol. The van der Waals surface area contributed by atoms with Crippen molar-refractivity contribution in [3.05, 3.63) is 120 Å². The average Bonchev–Trinajstić information content (AvgIpc) is 2.89. The number of carbonyl (C=O) groups is 1. The molecule has 0 aromatic heterocycles. The van der Waals surface area contributed by atoms with Gasteiger partial charge in [0.15, 0.2) is 0 Å². The van der Waals surface area contributed by atoms with Gasteiger partial charge < -0.3 is 11.1 Å². The second-order valence-electron chi connectivity index (χ2n) is 8.91. The Kier molecular flexibility index (Phi) is 8.32. The highest BCUT2D eigenvalue weighted by molar-refractivity contribution is 7.89. The molecule has 8 nitrogen and oxygen atoms in total. The molecule has 0 radical (unpaired) electrons. The van der Waals surface area contributed by atoms with Crippen LogP contribution in [0.4, 0.5) is 5.69 Å². The van der Waals surface area contributed by atoms with E-state index in [1.165, 1.54) is 6.07 Å². The van der Waals surface area contributed by atoms with Crippen LogP contribution in [0.2, 0.25) is 0 Å². The minimum Gasteiger partial charge on any atom is -0.384 e. The summed E-state index contributed by atoms with van der Waals surface area (Å²) in [4.78, 5) is 15.1. The van der Waals surface area contributed by atoms with E-state index in [2.05, 4.69) is 5.32 Å². The zero-order valence-corrected chi connectivity index (χ0v) is 21.5. The third-order valence-electron chi connectivity index (χ3n) is 5.93. The zero-order valence-electron chi connectivity index (χ0n) is 20.7. The number of nitrogens with two attached hydrogens (primary N) is 2. The molecule has 0 heterocycles. The second-order valence-corrected chi connectivity index (χ2v) is 10.4. The minimum atomic E-state index is -3.88. The summed E-state index contributed by atoms with van der Waals surface area (Å²) in [7, 11) is -3.88. The maximum atomic E-state index is 13.0. The number of hydrogen-bond donors (Lipinski definition) is 4. The fraction of sp³-hybridized carbons (Fsp3) is 0.103. The summed E-state index contributed by atoms with van der Waals surface area (Å²) in [5, 5.41) is 16.0. The molecule has 194 valence electrons. The van der Waals surface area contributed by atoms with E-state index < -0.39 is 10.0 Å². The first kappa shape index (κ1) is 26.7. The van der Waals surface area contributed by atoms with Crippen molar-refractivity contribution in [3.8, 4) is 11.1 Å². The fourth-order valence-corrected chi connectivity index (χ4v) is 4.96. The SMILES string of the molecule is N=C(N)c1cccc(CN(CC(=O)Nc2ccc(-c3ccccc3S(N)(=O)=O)cc2)Cc2ccccc2)c1. The Bertz CT molecular complexity index is 1540. The average molecular weight is 528 g/mol. The van der Waals surface area contributed by atoms with E-state index in [1.807, 2.05) is 53.4 Å². The smallest absolute Gasteiger partial charge is 0.238 e. The number of nitrogens with one attached hydrogen (secondary N) is 2. The quantitative estimate of drug-likeness (QED) is 0.183. The van der Waals surface area contributed by atoms with Crippen LogP contribution < -0.4 is 16.2 Å². The number of rotatable bonds is 10. The molecule has 0 saturated carbocycles. The van der Waals surface area contributed by atoms with Crippen LogP contribution in [-0.4, -0.2) is 31.6 Å². The summed E-state index contributed by atoms with van der Waals surface area (Å²) in [6, 6.07) is 30.8. The Morgan fingerprint density at radius 3 is 2.13 bits per heavy atom. The van der Waals surface area contributed by atoms with Crippen molar-refractivity contribution in [1.82, 2.24) is 4.90 Å². The Labute approximate surface area is 222 Å². The van der Waals surface area contributed by atoms with Gasteiger partial charge in [-0.25, -0.2) is 13.6 Å². The summed E-state index contributed by atoms with van der Waals surface area (Å²) in [6.07, 6.45) is 0.